The van der Waals surface area contributed by atoms with Gasteiger partial charge in [0.2, 0.25) is 0 Å². The predicted octanol–water partition coefficient (Wildman–Crippen LogP) is 0.513. The third-order valence-corrected chi connectivity index (χ3v) is 4.74. The number of aliphatic hydroxyl groups is 2. The number of ether oxygens (including phenoxy) is 3. The number of unbranched alkanes of at least 4 members (excludes halogenated alkanes) is 3. The van der Waals surface area contributed by atoms with Crippen LogP contribution in [0.3, 0.4) is 0 Å². The van der Waals surface area contributed by atoms with Gasteiger partial charge < -0.3 is 24.4 Å². The van der Waals surface area contributed by atoms with Crippen molar-refractivity contribution in [3.8, 4) is 0 Å². The molecule has 6 heteroatoms. The van der Waals surface area contributed by atoms with Gasteiger partial charge in [0, 0.05) is 6.42 Å². The molecule has 2 N–H and O–H groups in total. The summed E-state index contributed by atoms with van der Waals surface area (Å²) in [7, 11) is 0. The second-order valence-corrected chi connectivity index (χ2v) is 6.15. The smallest absolute Gasteiger partial charge is 0.317 e. The van der Waals surface area contributed by atoms with Crippen LogP contribution in [0.4, 0.5) is 0 Å². The van der Waals surface area contributed by atoms with Gasteiger partial charge in [-0.25, -0.2) is 0 Å². The average molecular weight is 298 g/mol. The lowest BCUT2D eigenvalue weighted by Crippen LogP contribution is -2.47. The van der Waals surface area contributed by atoms with Crippen LogP contribution in [-0.4, -0.2) is 53.0 Å². The first-order valence-corrected chi connectivity index (χ1v) is 7.53. The van der Waals surface area contributed by atoms with E-state index in [2.05, 4.69) is 6.58 Å². The zero-order chi connectivity index (χ0) is 15.1. The zero-order valence-corrected chi connectivity index (χ0v) is 12.0. The van der Waals surface area contributed by atoms with Crippen molar-refractivity contribution in [2.45, 2.75) is 55.7 Å². The molecule has 3 rings (SSSR count). The number of allylic oxidation sites excluding steroid dienone is 1. The van der Waals surface area contributed by atoms with E-state index in [9.17, 15) is 15.0 Å². The highest BCUT2D eigenvalue weighted by molar-refractivity contribution is 5.78. The Kier molecular flexibility index (Phi) is 3.81. The molecular weight excluding hydrogens is 276 g/mol. The van der Waals surface area contributed by atoms with E-state index in [0.29, 0.717) is 6.42 Å². The zero-order valence-electron chi connectivity index (χ0n) is 12.0. The highest BCUT2D eigenvalue weighted by Crippen LogP contribution is 2.54. The number of hydrogen-bond acceptors (Lipinski definition) is 6. The number of carbonyl (C=O) groups is 1. The first-order chi connectivity index (χ1) is 10.0. The molecule has 0 aliphatic carbocycles. The molecule has 0 bridgehead atoms. The SMILES string of the molecule is C=CCCCCC[C@@]1(O)O[C@H]2[C@H](O)CO[C@]23COC(=O)[C@@H]31. The van der Waals surface area contributed by atoms with Crippen LogP contribution in [0.5, 0.6) is 0 Å². The van der Waals surface area contributed by atoms with E-state index >= 15 is 0 Å². The van der Waals surface area contributed by atoms with Gasteiger partial charge in [-0.15, -0.1) is 6.58 Å². The minimum Gasteiger partial charge on any atom is -0.462 e. The summed E-state index contributed by atoms with van der Waals surface area (Å²) in [6, 6.07) is 0. The number of aliphatic hydroxyl groups excluding tert-OH is 1. The molecule has 118 valence electrons. The molecule has 6 nitrogen and oxygen atoms in total. The quantitative estimate of drug-likeness (QED) is 0.422. The molecule has 3 aliphatic rings. The number of rotatable bonds is 6. The van der Waals surface area contributed by atoms with Crippen LogP contribution in [0, 0.1) is 5.92 Å². The molecular formula is C15H22O6. The van der Waals surface area contributed by atoms with E-state index in [0.717, 1.165) is 25.7 Å². The van der Waals surface area contributed by atoms with Gasteiger partial charge in [0.1, 0.15) is 30.3 Å². The number of cyclic esters (lactones) is 1. The van der Waals surface area contributed by atoms with E-state index < -0.39 is 35.5 Å². The summed E-state index contributed by atoms with van der Waals surface area (Å²) in [5.74, 6) is -2.97. The van der Waals surface area contributed by atoms with Crippen molar-refractivity contribution in [2.75, 3.05) is 13.2 Å². The maximum atomic E-state index is 12.0. The minimum atomic E-state index is -1.60. The van der Waals surface area contributed by atoms with Gasteiger partial charge in [0.15, 0.2) is 5.79 Å². The molecule has 3 aliphatic heterocycles. The van der Waals surface area contributed by atoms with Crippen LogP contribution in [0.15, 0.2) is 12.7 Å². The number of esters is 1. The van der Waals surface area contributed by atoms with Gasteiger partial charge in [-0.3, -0.25) is 4.79 Å². The van der Waals surface area contributed by atoms with Crippen LogP contribution in [0.25, 0.3) is 0 Å². The molecule has 1 spiro atoms. The number of carbonyl (C=O) groups excluding carboxylic acids is 1. The third kappa shape index (κ3) is 2.21. The Bertz CT molecular complexity index is 438. The molecule has 5 atom stereocenters. The fraction of sp³-hybridized carbons (Fsp3) is 0.800. The first kappa shape index (κ1) is 15.0. The summed E-state index contributed by atoms with van der Waals surface area (Å²) in [5, 5.41) is 20.7. The predicted molar refractivity (Wildman–Crippen MR) is 72.2 cm³/mol. The molecule has 0 aromatic heterocycles. The van der Waals surface area contributed by atoms with E-state index in [-0.39, 0.29) is 13.2 Å². The van der Waals surface area contributed by atoms with Crippen molar-refractivity contribution in [3.05, 3.63) is 12.7 Å². The highest BCUT2D eigenvalue weighted by atomic mass is 16.7. The Morgan fingerprint density at radius 3 is 2.95 bits per heavy atom. The van der Waals surface area contributed by atoms with Crippen LogP contribution in [0.1, 0.15) is 32.1 Å². The van der Waals surface area contributed by atoms with E-state index in [1.807, 2.05) is 6.08 Å². The average Bonchev–Trinajstić information content (AvgIpc) is 3.02. The van der Waals surface area contributed by atoms with Gasteiger partial charge >= 0.3 is 5.97 Å². The molecule has 3 fully saturated rings. The van der Waals surface area contributed by atoms with Crippen molar-refractivity contribution in [1.82, 2.24) is 0 Å². The molecule has 0 aromatic carbocycles. The summed E-state index contributed by atoms with van der Waals surface area (Å²) in [6.45, 7) is 3.81. The maximum Gasteiger partial charge on any atom is 0.317 e. The minimum absolute atomic E-state index is 0.0387. The lowest BCUT2D eigenvalue weighted by Gasteiger charge is -2.28. The van der Waals surface area contributed by atoms with Crippen LogP contribution in [0.2, 0.25) is 0 Å². The Morgan fingerprint density at radius 2 is 2.19 bits per heavy atom. The van der Waals surface area contributed by atoms with Gasteiger partial charge in [0.05, 0.1) is 6.61 Å². The third-order valence-electron chi connectivity index (χ3n) is 4.74. The Hall–Kier alpha value is -0.950. The molecule has 21 heavy (non-hydrogen) atoms. The maximum absolute atomic E-state index is 12.0. The lowest BCUT2D eigenvalue weighted by atomic mass is 9.81. The topological polar surface area (TPSA) is 85.2 Å². The van der Waals surface area contributed by atoms with Crippen LogP contribution < -0.4 is 0 Å². The standard InChI is InChI=1S/C15H22O6/c1-2-3-4-5-6-7-15(18)11-13(17)19-9-14(11)12(21-15)10(16)8-20-14/h2,10-12,16,18H,1,3-9H2/t10-,11+,12+,14+,15-/m1/s1. The largest absolute Gasteiger partial charge is 0.462 e. The van der Waals surface area contributed by atoms with E-state index in [1.165, 1.54) is 0 Å². The fourth-order valence-electron chi connectivity index (χ4n) is 3.74. The second kappa shape index (κ2) is 5.35. The van der Waals surface area contributed by atoms with Gasteiger partial charge in [-0.2, -0.15) is 0 Å². The summed E-state index contributed by atoms with van der Waals surface area (Å²) < 4.78 is 16.4. The van der Waals surface area contributed by atoms with Crippen molar-refractivity contribution in [2.24, 2.45) is 5.92 Å². The molecule has 0 radical (unpaired) electrons. The van der Waals surface area contributed by atoms with Crippen LogP contribution in [-0.2, 0) is 19.0 Å². The molecule has 0 amide bonds. The lowest BCUT2D eigenvalue weighted by molar-refractivity contribution is -0.231. The molecule has 0 unspecified atom stereocenters. The Morgan fingerprint density at radius 1 is 1.38 bits per heavy atom. The normalized spacial score (nSPS) is 44.5. The van der Waals surface area contributed by atoms with Gasteiger partial charge in [0.25, 0.3) is 0 Å². The van der Waals surface area contributed by atoms with Crippen molar-refractivity contribution < 1.29 is 29.2 Å². The molecule has 0 saturated carbocycles. The van der Waals surface area contributed by atoms with Gasteiger partial charge in [-0.1, -0.05) is 12.5 Å². The van der Waals surface area contributed by atoms with Crippen molar-refractivity contribution in [3.63, 3.8) is 0 Å². The molecule has 3 heterocycles. The Labute approximate surface area is 123 Å². The van der Waals surface area contributed by atoms with E-state index in [4.69, 9.17) is 14.2 Å². The summed E-state index contributed by atoms with van der Waals surface area (Å²) in [5.41, 5.74) is -1.02. The Balaban J connectivity index is 1.71. The van der Waals surface area contributed by atoms with Crippen LogP contribution >= 0.6 is 0 Å². The van der Waals surface area contributed by atoms with Crippen molar-refractivity contribution >= 4 is 5.97 Å². The second-order valence-electron chi connectivity index (χ2n) is 6.15. The summed E-state index contributed by atoms with van der Waals surface area (Å²) in [6.07, 6.45) is 4.22. The highest BCUT2D eigenvalue weighted by Gasteiger charge is 2.75. The first-order valence-electron chi connectivity index (χ1n) is 7.53. The summed E-state index contributed by atoms with van der Waals surface area (Å²) >= 11 is 0. The van der Waals surface area contributed by atoms with E-state index in [1.54, 1.807) is 0 Å². The number of hydrogen-bond donors (Lipinski definition) is 2. The molecule has 0 aromatic rings. The molecule has 3 saturated heterocycles. The monoisotopic (exact) mass is 298 g/mol. The fourth-order valence-corrected chi connectivity index (χ4v) is 3.74. The van der Waals surface area contributed by atoms with Crippen molar-refractivity contribution in [1.29, 1.82) is 0 Å². The van der Waals surface area contributed by atoms with Gasteiger partial charge in [-0.05, 0) is 19.3 Å². The summed E-state index contributed by atoms with van der Waals surface area (Å²) in [4.78, 5) is 12.0.